The molecular weight excluding hydrogens is 353 g/mol. The highest BCUT2D eigenvalue weighted by Gasteiger charge is 2.28. The molecule has 148 valence electrons. The number of piperidine rings is 1. The van der Waals surface area contributed by atoms with Crippen molar-refractivity contribution in [3.05, 3.63) is 59.9 Å². The Morgan fingerprint density at radius 2 is 1.89 bits per heavy atom. The van der Waals surface area contributed by atoms with E-state index in [4.69, 9.17) is 5.73 Å². The molecule has 2 unspecified atom stereocenters. The van der Waals surface area contributed by atoms with Crippen molar-refractivity contribution in [2.24, 2.45) is 11.7 Å². The first kappa shape index (κ1) is 18.9. The number of fused-ring (bicyclic) bond motifs is 1. The van der Waals surface area contributed by atoms with Gasteiger partial charge >= 0.3 is 0 Å². The van der Waals surface area contributed by atoms with Gasteiger partial charge < -0.3 is 20.9 Å². The van der Waals surface area contributed by atoms with Crippen molar-refractivity contribution in [2.75, 3.05) is 25.0 Å². The number of benzene rings is 2. The van der Waals surface area contributed by atoms with Gasteiger partial charge in [0.25, 0.3) is 0 Å². The van der Waals surface area contributed by atoms with Gasteiger partial charge in [0.15, 0.2) is 0 Å². The number of anilines is 1. The number of aromatic nitrogens is 2. The van der Waals surface area contributed by atoms with E-state index in [1.165, 1.54) is 12.1 Å². The Morgan fingerprint density at radius 1 is 1.18 bits per heavy atom. The predicted molar refractivity (Wildman–Crippen MR) is 112 cm³/mol. The van der Waals surface area contributed by atoms with Crippen LogP contribution in [0, 0.1) is 11.7 Å². The molecule has 2 heterocycles. The third kappa shape index (κ3) is 4.34. The van der Waals surface area contributed by atoms with Gasteiger partial charge in [-0.3, -0.25) is 0 Å². The smallest absolute Gasteiger partial charge is 0.201 e. The maximum Gasteiger partial charge on any atom is 0.201 e. The molecule has 1 fully saturated rings. The standard InChI is InChI=1S/C22H28FN5/c1-15(24)14-28-12-10-17(11-13-28)21(16-6-8-18(23)9-7-16)27-22-25-19-4-2-3-5-20(19)26-22/h2-9,15,17,21H,10-14,24H2,1H3,(H2,25,26,27). The summed E-state index contributed by atoms with van der Waals surface area (Å²) in [6.07, 6.45) is 2.14. The second-order valence-electron chi connectivity index (χ2n) is 7.89. The minimum atomic E-state index is -0.210. The number of imidazole rings is 1. The zero-order valence-electron chi connectivity index (χ0n) is 16.2. The van der Waals surface area contributed by atoms with Gasteiger partial charge in [-0.15, -0.1) is 0 Å². The maximum absolute atomic E-state index is 13.5. The number of hydrogen-bond donors (Lipinski definition) is 3. The van der Waals surface area contributed by atoms with Crippen LogP contribution in [0.2, 0.25) is 0 Å². The first-order chi connectivity index (χ1) is 13.6. The van der Waals surface area contributed by atoms with E-state index in [2.05, 4.69) is 27.1 Å². The molecule has 0 saturated carbocycles. The number of nitrogens with zero attached hydrogens (tertiary/aromatic N) is 2. The van der Waals surface area contributed by atoms with Crippen LogP contribution in [-0.2, 0) is 0 Å². The highest BCUT2D eigenvalue weighted by Crippen LogP contribution is 2.33. The van der Waals surface area contributed by atoms with E-state index in [9.17, 15) is 4.39 Å². The number of nitrogens with two attached hydrogens (primary N) is 1. The highest BCUT2D eigenvalue weighted by atomic mass is 19.1. The Hall–Kier alpha value is -2.44. The monoisotopic (exact) mass is 381 g/mol. The lowest BCUT2D eigenvalue weighted by atomic mass is 9.85. The first-order valence-corrected chi connectivity index (χ1v) is 10.0. The second-order valence-corrected chi connectivity index (χ2v) is 7.89. The summed E-state index contributed by atoms with van der Waals surface area (Å²) in [4.78, 5) is 10.5. The summed E-state index contributed by atoms with van der Waals surface area (Å²) in [5.74, 6) is 0.995. The van der Waals surface area contributed by atoms with Crippen molar-refractivity contribution in [1.29, 1.82) is 0 Å². The van der Waals surface area contributed by atoms with E-state index in [1.807, 2.05) is 36.4 Å². The van der Waals surface area contributed by atoms with Crippen molar-refractivity contribution in [3.63, 3.8) is 0 Å². The van der Waals surface area contributed by atoms with Gasteiger partial charge in [0.1, 0.15) is 5.82 Å². The molecule has 0 aliphatic carbocycles. The van der Waals surface area contributed by atoms with Gasteiger partial charge in [0, 0.05) is 12.6 Å². The molecule has 2 aromatic carbocycles. The molecule has 2 atom stereocenters. The highest BCUT2D eigenvalue weighted by molar-refractivity contribution is 5.77. The van der Waals surface area contributed by atoms with E-state index in [-0.39, 0.29) is 17.9 Å². The van der Waals surface area contributed by atoms with Crippen molar-refractivity contribution in [3.8, 4) is 0 Å². The Bertz CT molecular complexity index is 864. The summed E-state index contributed by atoms with van der Waals surface area (Å²) >= 11 is 0. The molecule has 1 aliphatic heterocycles. The average Bonchev–Trinajstić information content (AvgIpc) is 3.10. The quantitative estimate of drug-likeness (QED) is 0.605. The van der Waals surface area contributed by atoms with E-state index in [0.717, 1.165) is 55.0 Å². The number of para-hydroxylation sites is 2. The molecule has 6 heteroatoms. The lowest BCUT2D eigenvalue weighted by Crippen LogP contribution is -2.42. The number of aromatic amines is 1. The van der Waals surface area contributed by atoms with Crippen LogP contribution in [0.15, 0.2) is 48.5 Å². The van der Waals surface area contributed by atoms with Crippen molar-refractivity contribution in [1.82, 2.24) is 14.9 Å². The Balaban J connectivity index is 1.55. The summed E-state index contributed by atoms with van der Waals surface area (Å²) in [7, 11) is 0. The van der Waals surface area contributed by atoms with Gasteiger partial charge in [-0.05, 0) is 68.6 Å². The minimum Gasteiger partial charge on any atom is -0.349 e. The first-order valence-electron chi connectivity index (χ1n) is 10.0. The Kier molecular flexibility index (Phi) is 5.59. The molecule has 3 aromatic rings. The summed E-state index contributed by atoms with van der Waals surface area (Å²) in [6.45, 7) is 5.05. The lowest BCUT2D eigenvalue weighted by Gasteiger charge is -2.37. The van der Waals surface area contributed by atoms with Crippen LogP contribution in [0.5, 0.6) is 0 Å². The van der Waals surface area contributed by atoms with Gasteiger partial charge in [-0.25, -0.2) is 9.37 Å². The minimum absolute atomic E-state index is 0.0820. The normalized spacial score (nSPS) is 18.2. The molecule has 0 bridgehead atoms. The molecule has 4 rings (SSSR count). The molecule has 1 aliphatic rings. The van der Waals surface area contributed by atoms with Crippen LogP contribution < -0.4 is 11.1 Å². The zero-order chi connectivity index (χ0) is 19.5. The summed E-state index contributed by atoms with van der Waals surface area (Å²) in [5.41, 5.74) is 9.00. The molecule has 1 aromatic heterocycles. The number of nitrogens with one attached hydrogen (secondary N) is 2. The Labute approximate surface area is 165 Å². The fourth-order valence-electron chi connectivity index (χ4n) is 4.19. The van der Waals surface area contributed by atoms with Crippen LogP contribution in [0.1, 0.15) is 31.4 Å². The van der Waals surface area contributed by atoms with E-state index < -0.39 is 0 Å². The summed E-state index contributed by atoms with van der Waals surface area (Å²) in [6, 6.07) is 15.1. The predicted octanol–water partition coefficient (Wildman–Crippen LogP) is 3.91. The SMILES string of the molecule is CC(N)CN1CCC(C(Nc2nc3ccccc3[nH]2)c2ccc(F)cc2)CC1. The number of hydrogen-bond acceptors (Lipinski definition) is 4. The zero-order valence-corrected chi connectivity index (χ0v) is 16.2. The van der Waals surface area contributed by atoms with Crippen molar-refractivity contribution in [2.45, 2.75) is 31.8 Å². The molecule has 0 radical (unpaired) electrons. The fraction of sp³-hybridized carbons (Fsp3) is 0.409. The van der Waals surface area contributed by atoms with Crippen LogP contribution in [0.3, 0.4) is 0 Å². The van der Waals surface area contributed by atoms with Crippen LogP contribution in [-0.4, -0.2) is 40.5 Å². The Morgan fingerprint density at radius 3 is 2.57 bits per heavy atom. The maximum atomic E-state index is 13.5. The van der Waals surface area contributed by atoms with E-state index in [0.29, 0.717) is 5.92 Å². The molecule has 28 heavy (non-hydrogen) atoms. The molecule has 0 amide bonds. The average molecular weight is 381 g/mol. The van der Waals surface area contributed by atoms with Crippen molar-refractivity contribution < 1.29 is 4.39 Å². The van der Waals surface area contributed by atoms with Gasteiger partial charge in [0.05, 0.1) is 17.1 Å². The molecule has 1 saturated heterocycles. The van der Waals surface area contributed by atoms with E-state index >= 15 is 0 Å². The summed E-state index contributed by atoms with van der Waals surface area (Å²) < 4.78 is 13.5. The van der Waals surface area contributed by atoms with Gasteiger partial charge in [-0.1, -0.05) is 24.3 Å². The largest absolute Gasteiger partial charge is 0.349 e. The molecule has 5 nitrogen and oxygen atoms in total. The third-order valence-corrected chi connectivity index (χ3v) is 5.56. The summed E-state index contributed by atoms with van der Waals surface area (Å²) in [5, 5.41) is 3.60. The van der Waals surface area contributed by atoms with E-state index in [1.54, 1.807) is 0 Å². The third-order valence-electron chi connectivity index (χ3n) is 5.56. The van der Waals surface area contributed by atoms with Gasteiger partial charge in [-0.2, -0.15) is 0 Å². The lowest BCUT2D eigenvalue weighted by molar-refractivity contribution is 0.167. The molecule has 4 N–H and O–H groups in total. The van der Waals surface area contributed by atoms with Crippen LogP contribution >= 0.6 is 0 Å². The topological polar surface area (TPSA) is 70.0 Å². The second kappa shape index (κ2) is 8.29. The van der Waals surface area contributed by atoms with Gasteiger partial charge in [0.2, 0.25) is 5.95 Å². The number of likely N-dealkylation sites (tertiary alicyclic amines) is 1. The van der Waals surface area contributed by atoms with Crippen LogP contribution in [0.25, 0.3) is 11.0 Å². The number of halogens is 1. The van der Waals surface area contributed by atoms with Crippen molar-refractivity contribution >= 4 is 17.0 Å². The number of H-pyrrole nitrogens is 1. The molecular formula is C22H28FN5. The van der Waals surface area contributed by atoms with Crippen LogP contribution in [0.4, 0.5) is 10.3 Å². The fourth-order valence-corrected chi connectivity index (χ4v) is 4.19. The molecule has 0 spiro atoms. The number of rotatable bonds is 6.